The molecule has 64 heavy (non-hydrogen) atoms. The summed E-state index contributed by atoms with van der Waals surface area (Å²) in [7, 11) is 0. The summed E-state index contributed by atoms with van der Waals surface area (Å²) < 4.78 is 5.94. The van der Waals surface area contributed by atoms with Crippen LogP contribution in [-0.4, -0.2) is 46.9 Å². The van der Waals surface area contributed by atoms with Gasteiger partial charge in [-0.15, -0.1) is 0 Å². The molecule has 0 spiro atoms. The molecule has 3 N–H and O–H groups in total. The third-order valence-corrected chi connectivity index (χ3v) is 12.7. The highest BCUT2D eigenvalue weighted by atomic mass is 16.5. The summed E-state index contributed by atoms with van der Waals surface area (Å²) in [4.78, 5) is 26.2. The number of allylic oxidation sites excluding steroid dienone is 8. The molecule has 3 atom stereocenters. The summed E-state index contributed by atoms with van der Waals surface area (Å²) >= 11 is 0. The van der Waals surface area contributed by atoms with Crippen molar-refractivity contribution in [1.29, 1.82) is 0 Å². The molecule has 0 saturated carbocycles. The van der Waals surface area contributed by atoms with E-state index in [1.54, 1.807) is 0 Å². The van der Waals surface area contributed by atoms with E-state index in [9.17, 15) is 19.8 Å². The number of unbranched alkanes of at least 4 members (excludes halogenated alkanes) is 32. The first kappa shape index (κ1) is 61.8. The molecule has 0 aliphatic rings. The lowest BCUT2D eigenvalue weighted by Crippen LogP contribution is -2.46. The number of carbonyl (C=O) groups excluding carboxylic acids is 2. The number of nitrogens with one attached hydrogen (secondary N) is 1. The number of aliphatic hydroxyl groups excluding tert-OH is 2. The Morgan fingerprint density at radius 3 is 1.25 bits per heavy atom. The van der Waals surface area contributed by atoms with E-state index in [-0.39, 0.29) is 24.9 Å². The third-order valence-electron chi connectivity index (χ3n) is 12.7. The molecule has 0 heterocycles. The third kappa shape index (κ3) is 46.4. The number of hydrogen-bond donors (Lipinski definition) is 3. The van der Waals surface area contributed by atoms with Gasteiger partial charge in [0.2, 0.25) is 5.91 Å². The number of rotatable bonds is 50. The van der Waals surface area contributed by atoms with Gasteiger partial charge in [0.1, 0.15) is 6.10 Å². The van der Waals surface area contributed by atoms with Crippen LogP contribution in [0.5, 0.6) is 0 Å². The van der Waals surface area contributed by atoms with Crippen LogP contribution in [0.15, 0.2) is 48.6 Å². The molecule has 374 valence electrons. The van der Waals surface area contributed by atoms with Gasteiger partial charge in [-0.2, -0.15) is 0 Å². The van der Waals surface area contributed by atoms with E-state index in [4.69, 9.17) is 4.74 Å². The molecule has 0 aliphatic carbocycles. The topological polar surface area (TPSA) is 95.9 Å². The summed E-state index contributed by atoms with van der Waals surface area (Å²) in [5, 5.41) is 23.8. The molecule has 6 nitrogen and oxygen atoms in total. The second-order valence-corrected chi connectivity index (χ2v) is 19.0. The first-order valence-electron chi connectivity index (χ1n) is 27.9. The lowest BCUT2D eigenvalue weighted by Gasteiger charge is -2.24. The number of carbonyl (C=O) groups is 2. The average Bonchev–Trinajstić information content (AvgIpc) is 3.29. The fraction of sp³-hybridized carbons (Fsp3) is 0.828. The zero-order valence-corrected chi connectivity index (χ0v) is 42.7. The van der Waals surface area contributed by atoms with Crippen molar-refractivity contribution in [1.82, 2.24) is 5.32 Å². The first-order chi connectivity index (χ1) is 31.5. The van der Waals surface area contributed by atoms with E-state index in [2.05, 4.69) is 74.7 Å². The molecule has 0 aromatic heterocycles. The van der Waals surface area contributed by atoms with Crippen molar-refractivity contribution in [3.05, 3.63) is 48.6 Å². The molecule has 0 radical (unpaired) electrons. The van der Waals surface area contributed by atoms with Crippen molar-refractivity contribution >= 4 is 11.9 Å². The number of aliphatic hydroxyl groups is 2. The Hall–Kier alpha value is -2.18. The van der Waals surface area contributed by atoms with Crippen molar-refractivity contribution in [2.45, 2.75) is 302 Å². The van der Waals surface area contributed by atoms with Crippen LogP contribution in [0.1, 0.15) is 284 Å². The molecule has 0 fully saturated rings. The fourth-order valence-electron chi connectivity index (χ4n) is 8.43. The van der Waals surface area contributed by atoms with Gasteiger partial charge in [0.05, 0.1) is 25.2 Å². The van der Waals surface area contributed by atoms with Crippen molar-refractivity contribution < 1.29 is 24.5 Å². The summed E-state index contributed by atoms with van der Waals surface area (Å²) in [6.45, 7) is 6.46. The van der Waals surface area contributed by atoms with E-state index in [1.165, 1.54) is 167 Å². The van der Waals surface area contributed by atoms with E-state index in [0.717, 1.165) is 70.6 Å². The van der Waals surface area contributed by atoms with Crippen LogP contribution in [0, 0.1) is 0 Å². The Morgan fingerprint density at radius 1 is 0.453 bits per heavy atom. The quantitative estimate of drug-likeness (QED) is 0.0245. The zero-order chi connectivity index (χ0) is 46.7. The first-order valence-corrected chi connectivity index (χ1v) is 27.9. The SMILES string of the molecule is CCCCCCC/C=C/C=C/C=C/CCCCCC(CC(=O)NC(CO)C(O)CCCCCCCCCCCC)OC(=O)CCCCCCCCCCC/C=C/CCCCCCCC. The molecule has 0 aliphatic heterocycles. The van der Waals surface area contributed by atoms with Crippen molar-refractivity contribution in [2.75, 3.05) is 6.61 Å². The van der Waals surface area contributed by atoms with Crippen LogP contribution in [0.4, 0.5) is 0 Å². The molecule has 6 heteroatoms. The highest BCUT2D eigenvalue weighted by Gasteiger charge is 2.24. The molecular weight excluding hydrogens is 791 g/mol. The normalized spacial score (nSPS) is 13.5. The van der Waals surface area contributed by atoms with E-state index < -0.39 is 18.2 Å². The fourth-order valence-corrected chi connectivity index (χ4v) is 8.43. The van der Waals surface area contributed by atoms with Crippen LogP contribution in [-0.2, 0) is 14.3 Å². The largest absolute Gasteiger partial charge is 0.462 e. The maximum Gasteiger partial charge on any atom is 0.306 e. The Kier molecular flexibility index (Phi) is 50.0. The van der Waals surface area contributed by atoms with Gasteiger partial charge in [-0.3, -0.25) is 9.59 Å². The van der Waals surface area contributed by atoms with E-state index in [0.29, 0.717) is 19.3 Å². The lowest BCUT2D eigenvalue weighted by molar-refractivity contribution is -0.151. The molecule has 0 saturated heterocycles. The average molecular weight is 898 g/mol. The number of esters is 1. The molecular formula is C58H107NO5. The smallest absolute Gasteiger partial charge is 0.306 e. The predicted octanol–water partition coefficient (Wildman–Crippen LogP) is 17.0. The maximum atomic E-state index is 13.2. The Morgan fingerprint density at radius 2 is 0.812 bits per heavy atom. The number of ether oxygens (including phenoxy) is 1. The molecule has 0 rings (SSSR count). The van der Waals surface area contributed by atoms with Crippen LogP contribution in [0.3, 0.4) is 0 Å². The molecule has 1 amide bonds. The monoisotopic (exact) mass is 898 g/mol. The summed E-state index contributed by atoms with van der Waals surface area (Å²) in [5.74, 6) is -0.502. The van der Waals surface area contributed by atoms with Crippen molar-refractivity contribution in [3.8, 4) is 0 Å². The van der Waals surface area contributed by atoms with Crippen molar-refractivity contribution in [2.24, 2.45) is 0 Å². The van der Waals surface area contributed by atoms with E-state index >= 15 is 0 Å². The van der Waals surface area contributed by atoms with Crippen LogP contribution >= 0.6 is 0 Å². The maximum absolute atomic E-state index is 13.2. The van der Waals surface area contributed by atoms with Crippen LogP contribution in [0.2, 0.25) is 0 Å². The Bertz CT molecular complexity index is 1100. The van der Waals surface area contributed by atoms with Gasteiger partial charge in [0, 0.05) is 6.42 Å². The van der Waals surface area contributed by atoms with Gasteiger partial charge in [0.15, 0.2) is 0 Å². The minimum Gasteiger partial charge on any atom is -0.462 e. The Balaban J connectivity index is 4.59. The summed E-state index contributed by atoms with van der Waals surface area (Å²) in [6.07, 6.45) is 63.2. The second-order valence-electron chi connectivity index (χ2n) is 19.0. The van der Waals surface area contributed by atoms with Gasteiger partial charge in [-0.25, -0.2) is 0 Å². The van der Waals surface area contributed by atoms with Crippen molar-refractivity contribution in [3.63, 3.8) is 0 Å². The van der Waals surface area contributed by atoms with E-state index in [1.807, 2.05) is 0 Å². The summed E-state index contributed by atoms with van der Waals surface area (Å²) in [5.41, 5.74) is 0. The van der Waals surface area contributed by atoms with Gasteiger partial charge < -0.3 is 20.3 Å². The predicted molar refractivity (Wildman–Crippen MR) is 278 cm³/mol. The number of hydrogen-bond acceptors (Lipinski definition) is 5. The minimum atomic E-state index is -0.796. The Labute approximate surface area is 397 Å². The standard InChI is InChI=1S/C58H107NO5/c1-4-7-10-13-16-19-22-24-26-28-29-30-32-34-36-39-42-45-48-51-58(63)64-54(49-46-43-40-37-35-33-31-27-25-23-20-17-14-11-8-5-2)52-57(62)59-55(53-60)56(61)50-47-44-41-38-21-18-15-12-9-6-3/h23-27,31,33,35,54-56,60-61H,4-22,28-30,32,34,36-53H2,1-3H3,(H,59,62)/b25-23+,26-24+,31-27+,35-33+. The van der Waals surface area contributed by atoms with Gasteiger partial charge in [-0.1, -0.05) is 243 Å². The van der Waals surface area contributed by atoms with Gasteiger partial charge in [-0.05, 0) is 77.0 Å². The molecule has 0 bridgehead atoms. The number of amides is 1. The van der Waals surface area contributed by atoms with Crippen LogP contribution in [0.25, 0.3) is 0 Å². The summed E-state index contributed by atoms with van der Waals surface area (Å²) in [6, 6.07) is -0.712. The molecule has 0 aromatic carbocycles. The highest BCUT2D eigenvalue weighted by Crippen LogP contribution is 2.18. The minimum absolute atomic E-state index is 0.0552. The second kappa shape index (κ2) is 51.8. The highest BCUT2D eigenvalue weighted by molar-refractivity contribution is 5.77. The van der Waals surface area contributed by atoms with Crippen LogP contribution < -0.4 is 5.32 Å². The lowest BCUT2D eigenvalue weighted by atomic mass is 10.0. The van der Waals surface area contributed by atoms with Gasteiger partial charge >= 0.3 is 5.97 Å². The zero-order valence-electron chi connectivity index (χ0n) is 42.7. The molecule has 0 aromatic rings. The van der Waals surface area contributed by atoms with Gasteiger partial charge in [0.25, 0.3) is 0 Å². The molecule has 3 unspecified atom stereocenters.